The Labute approximate surface area is 139 Å². The van der Waals surface area contributed by atoms with E-state index in [9.17, 15) is 13.6 Å². The van der Waals surface area contributed by atoms with E-state index < -0.39 is 12.5 Å². The molecule has 0 unspecified atom stereocenters. The molecule has 0 fully saturated rings. The van der Waals surface area contributed by atoms with Gasteiger partial charge in [-0.25, -0.2) is 14.3 Å². The highest BCUT2D eigenvalue weighted by Crippen LogP contribution is 2.16. The Kier molecular flexibility index (Phi) is 4.52. The Morgan fingerprint density at radius 3 is 2.75 bits per heavy atom. The Balaban J connectivity index is 1.67. The molecule has 1 N–H and O–H groups in total. The largest absolute Gasteiger partial charge is 0.333 e. The molecule has 3 rings (SSSR count). The molecule has 0 bridgehead atoms. The Morgan fingerprint density at radius 2 is 2.04 bits per heavy atom. The van der Waals surface area contributed by atoms with Gasteiger partial charge in [-0.15, -0.1) is 5.10 Å². The van der Waals surface area contributed by atoms with Crippen molar-refractivity contribution in [3.05, 3.63) is 59.1 Å². The van der Waals surface area contributed by atoms with Gasteiger partial charge in [0.15, 0.2) is 5.69 Å². The number of hydrogen-bond donors (Lipinski definition) is 1. The van der Waals surface area contributed by atoms with Crippen LogP contribution in [-0.4, -0.2) is 30.5 Å². The molecule has 0 aliphatic heterocycles. The molecule has 2 heterocycles. The van der Waals surface area contributed by atoms with Gasteiger partial charge in [0.1, 0.15) is 6.33 Å². The predicted molar refractivity (Wildman–Crippen MR) is 82.0 cm³/mol. The van der Waals surface area contributed by atoms with E-state index in [0.717, 1.165) is 11.8 Å². The van der Waals surface area contributed by atoms with Gasteiger partial charge in [0, 0.05) is 11.2 Å². The van der Waals surface area contributed by atoms with Gasteiger partial charge >= 0.3 is 6.55 Å². The number of nitrogens with zero attached hydrogens (tertiary/aromatic N) is 5. The summed E-state index contributed by atoms with van der Waals surface area (Å²) < 4.78 is 26.8. The van der Waals surface area contributed by atoms with Gasteiger partial charge in [0.05, 0.1) is 6.54 Å². The third-order valence-corrected chi connectivity index (χ3v) is 3.46. The summed E-state index contributed by atoms with van der Waals surface area (Å²) in [6.07, 6.45) is 2.44. The lowest BCUT2D eigenvalue weighted by molar-refractivity contribution is 0.0561. The third kappa shape index (κ3) is 3.57. The maximum absolute atomic E-state index is 12.4. The van der Waals surface area contributed by atoms with E-state index in [2.05, 4.69) is 20.5 Å². The minimum atomic E-state index is -2.81. The molecule has 0 aliphatic carbocycles. The van der Waals surface area contributed by atoms with E-state index in [1.165, 1.54) is 17.1 Å². The molecule has 0 spiro atoms. The van der Waals surface area contributed by atoms with Gasteiger partial charge in [-0.05, 0) is 17.7 Å². The first-order chi connectivity index (χ1) is 11.5. The molecule has 0 atom stereocenters. The van der Waals surface area contributed by atoms with Gasteiger partial charge < -0.3 is 0 Å². The highest BCUT2D eigenvalue weighted by Gasteiger charge is 2.15. The van der Waals surface area contributed by atoms with Crippen LogP contribution in [0, 0.1) is 0 Å². The minimum Gasteiger partial charge on any atom is -0.288 e. The van der Waals surface area contributed by atoms with Crippen molar-refractivity contribution in [3.63, 3.8) is 0 Å². The van der Waals surface area contributed by atoms with Crippen molar-refractivity contribution in [1.82, 2.24) is 24.5 Å². The SMILES string of the molecule is O=C(Nc1ncn(Cc2ccccc2Cl)n1)c1ccn(C(F)F)n1. The molecule has 0 aliphatic rings. The number of amides is 1. The summed E-state index contributed by atoms with van der Waals surface area (Å²) in [5.74, 6) is -0.636. The number of alkyl halides is 2. The van der Waals surface area contributed by atoms with Gasteiger partial charge in [-0.1, -0.05) is 29.8 Å². The van der Waals surface area contributed by atoms with Crippen molar-refractivity contribution in [2.45, 2.75) is 13.1 Å². The standard InChI is InChI=1S/C14H11ClF2N6O/c15-10-4-2-1-3-9(10)7-22-8-18-14(21-22)19-12(24)11-5-6-23(20-11)13(16)17/h1-6,8,13H,7H2,(H,19,21,24). The second-order valence-corrected chi connectivity index (χ2v) is 5.18. The van der Waals surface area contributed by atoms with Crippen molar-refractivity contribution in [2.75, 3.05) is 5.32 Å². The molecule has 124 valence electrons. The van der Waals surface area contributed by atoms with Crippen LogP contribution in [0.25, 0.3) is 0 Å². The van der Waals surface area contributed by atoms with E-state index in [1.54, 1.807) is 6.07 Å². The Hall–Kier alpha value is -2.81. The smallest absolute Gasteiger partial charge is 0.288 e. The van der Waals surface area contributed by atoms with Gasteiger partial charge in [-0.2, -0.15) is 13.9 Å². The molecule has 0 radical (unpaired) electrons. The number of hydrogen-bond acceptors (Lipinski definition) is 4. The van der Waals surface area contributed by atoms with Gasteiger partial charge in [0.25, 0.3) is 5.91 Å². The van der Waals surface area contributed by atoms with Crippen LogP contribution in [0.3, 0.4) is 0 Å². The topological polar surface area (TPSA) is 77.6 Å². The van der Waals surface area contributed by atoms with Crippen LogP contribution < -0.4 is 5.32 Å². The lowest BCUT2D eigenvalue weighted by Gasteiger charge is -2.03. The molecule has 1 amide bonds. The summed E-state index contributed by atoms with van der Waals surface area (Å²) in [6, 6.07) is 8.45. The second kappa shape index (κ2) is 6.75. The van der Waals surface area contributed by atoms with E-state index in [-0.39, 0.29) is 11.6 Å². The molecule has 2 aromatic heterocycles. The maximum atomic E-state index is 12.4. The van der Waals surface area contributed by atoms with Crippen molar-refractivity contribution in [2.24, 2.45) is 0 Å². The fourth-order valence-corrected chi connectivity index (χ4v) is 2.16. The molecule has 7 nitrogen and oxygen atoms in total. The van der Waals surface area contributed by atoms with E-state index in [1.807, 2.05) is 18.2 Å². The molecular weight excluding hydrogens is 342 g/mol. The van der Waals surface area contributed by atoms with Crippen LogP contribution in [0.1, 0.15) is 22.6 Å². The summed E-state index contributed by atoms with van der Waals surface area (Å²) >= 11 is 6.07. The van der Waals surface area contributed by atoms with E-state index >= 15 is 0 Å². The maximum Gasteiger partial charge on any atom is 0.333 e. The van der Waals surface area contributed by atoms with Crippen molar-refractivity contribution in [3.8, 4) is 0 Å². The summed E-state index contributed by atoms with van der Waals surface area (Å²) in [6.45, 7) is -2.43. The predicted octanol–water partition coefficient (Wildman–Crippen LogP) is 2.82. The first-order valence-corrected chi connectivity index (χ1v) is 7.18. The molecule has 0 saturated carbocycles. The second-order valence-electron chi connectivity index (χ2n) is 4.77. The number of carbonyl (C=O) groups excluding carboxylic acids is 1. The zero-order chi connectivity index (χ0) is 17.1. The third-order valence-electron chi connectivity index (χ3n) is 3.09. The van der Waals surface area contributed by atoms with E-state index in [0.29, 0.717) is 16.2 Å². The van der Waals surface area contributed by atoms with Crippen molar-refractivity contribution < 1.29 is 13.6 Å². The van der Waals surface area contributed by atoms with Crippen LogP contribution in [0.2, 0.25) is 5.02 Å². The molecular formula is C14H11ClF2N6O. The van der Waals surface area contributed by atoms with Gasteiger partial charge in [0.2, 0.25) is 5.95 Å². The van der Waals surface area contributed by atoms with Crippen LogP contribution in [-0.2, 0) is 6.54 Å². The zero-order valence-electron chi connectivity index (χ0n) is 12.1. The minimum absolute atomic E-state index is 0.0404. The average molecular weight is 353 g/mol. The molecule has 10 heteroatoms. The fourth-order valence-electron chi connectivity index (χ4n) is 1.96. The monoisotopic (exact) mass is 352 g/mol. The van der Waals surface area contributed by atoms with E-state index in [4.69, 9.17) is 11.6 Å². The lowest BCUT2D eigenvalue weighted by Crippen LogP contribution is -2.15. The number of anilines is 1. The lowest BCUT2D eigenvalue weighted by atomic mass is 10.2. The number of rotatable bonds is 5. The summed E-state index contributed by atoms with van der Waals surface area (Å²) in [4.78, 5) is 15.9. The normalized spacial score (nSPS) is 11.0. The Bertz CT molecular complexity index is 862. The van der Waals surface area contributed by atoms with Crippen LogP contribution in [0.15, 0.2) is 42.9 Å². The average Bonchev–Trinajstić information content (AvgIpc) is 3.19. The first-order valence-electron chi connectivity index (χ1n) is 6.80. The summed E-state index contributed by atoms with van der Waals surface area (Å²) in [5, 5.41) is 10.5. The van der Waals surface area contributed by atoms with Crippen molar-refractivity contribution >= 4 is 23.5 Å². The quantitative estimate of drug-likeness (QED) is 0.766. The molecule has 3 aromatic rings. The zero-order valence-corrected chi connectivity index (χ0v) is 12.9. The summed E-state index contributed by atoms with van der Waals surface area (Å²) in [7, 11) is 0. The Morgan fingerprint density at radius 1 is 1.25 bits per heavy atom. The molecule has 0 saturated heterocycles. The van der Waals surface area contributed by atoms with Gasteiger partial charge in [-0.3, -0.25) is 10.1 Å². The highest BCUT2D eigenvalue weighted by molar-refractivity contribution is 6.31. The molecule has 1 aromatic carbocycles. The fraction of sp³-hybridized carbons (Fsp3) is 0.143. The van der Waals surface area contributed by atoms with Crippen molar-refractivity contribution in [1.29, 1.82) is 0 Å². The number of halogens is 3. The summed E-state index contributed by atoms with van der Waals surface area (Å²) in [5.41, 5.74) is 0.690. The van der Waals surface area contributed by atoms with Crippen LogP contribution >= 0.6 is 11.6 Å². The van der Waals surface area contributed by atoms with Crippen LogP contribution in [0.4, 0.5) is 14.7 Å². The first kappa shape index (κ1) is 16.1. The number of carbonyl (C=O) groups is 1. The molecule has 24 heavy (non-hydrogen) atoms. The van der Waals surface area contributed by atoms with Crippen LogP contribution in [0.5, 0.6) is 0 Å². The number of nitrogens with one attached hydrogen (secondary N) is 1. The number of benzene rings is 1. The number of aromatic nitrogens is 5. The highest BCUT2D eigenvalue weighted by atomic mass is 35.5.